The van der Waals surface area contributed by atoms with Crippen molar-refractivity contribution in [2.75, 3.05) is 7.11 Å². The SMILES string of the molecule is COC(=O)/C(=C\C(C)C)N1C(=O)c2ccccc2C1=O. The number of carbonyl (C=O) groups is 3. The quantitative estimate of drug-likeness (QED) is 0.480. The van der Waals surface area contributed by atoms with Crippen LogP contribution in [0.2, 0.25) is 0 Å². The lowest BCUT2D eigenvalue weighted by atomic mass is 10.1. The van der Waals surface area contributed by atoms with Crippen LogP contribution in [-0.4, -0.2) is 29.8 Å². The summed E-state index contributed by atoms with van der Waals surface area (Å²) in [6.45, 7) is 3.70. The van der Waals surface area contributed by atoms with Crippen molar-refractivity contribution in [1.29, 1.82) is 0 Å². The van der Waals surface area contributed by atoms with E-state index in [1.54, 1.807) is 30.3 Å². The number of amides is 2. The van der Waals surface area contributed by atoms with Crippen molar-refractivity contribution in [2.24, 2.45) is 5.92 Å². The Morgan fingerprint density at radius 3 is 2.05 bits per heavy atom. The van der Waals surface area contributed by atoms with E-state index in [1.807, 2.05) is 13.8 Å². The van der Waals surface area contributed by atoms with Crippen molar-refractivity contribution < 1.29 is 19.1 Å². The maximum atomic E-state index is 12.3. The average Bonchev–Trinajstić information content (AvgIpc) is 2.68. The van der Waals surface area contributed by atoms with Gasteiger partial charge in [-0.3, -0.25) is 9.59 Å². The fourth-order valence-corrected chi connectivity index (χ4v) is 2.06. The lowest BCUT2D eigenvalue weighted by molar-refractivity contribution is -0.137. The van der Waals surface area contributed by atoms with Gasteiger partial charge in [0.05, 0.1) is 18.2 Å². The van der Waals surface area contributed by atoms with Crippen molar-refractivity contribution in [3.8, 4) is 0 Å². The molecular formula is C15H15NO4. The minimum Gasteiger partial charge on any atom is -0.464 e. The highest BCUT2D eigenvalue weighted by molar-refractivity contribution is 6.24. The second kappa shape index (κ2) is 5.28. The molecule has 0 aromatic heterocycles. The summed E-state index contributed by atoms with van der Waals surface area (Å²) in [5.74, 6) is -1.70. The summed E-state index contributed by atoms with van der Waals surface area (Å²) in [7, 11) is 1.22. The molecule has 1 aliphatic heterocycles. The maximum absolute atomic E-state index is 12.3. The number of hydrogen-bond acceptors (Lipinski definition) is 4. The molecule has 0 saturated heterocycles. The van der Waals surface area contributed by atoms with Crippen LogP contribution in [-0.2, 0) is 9.53 Å². The van der Waals surface area contributed by atoms with Gasteiger partial charge in [0.25, 0.3) is 11.8 Å². The van der Waals surface area contributed by atoms with Gasteiger partial charge in [0.2, 0.25) is 0 Å². The standard InChI is InChI=1S/C15H15NO4/c1-9(2)8-12(15(19)20-3)16-13(17)10-6-4-5-7-11(10)14(16)18/h4-9H,1-3H3/b12-8+. The minimum atomic E-state index is -0.701. The molecule has 0 atom stereocenters. The molecule has 0 fully saturated rings. The Kier molecular flexibility index (Phi) is 3.70. The number of fused-ring (bicyclic) bond motifs is 1. The molecule has 1 heterocycles. The summed E-state index contributed by atoms with van der Waals surface area (Å²) >= 11 is 0. The number of nitrogens with zero attached hydrogens (tertiary/aromatic N) is 1. The fourth-order valence-electron chi connectivity index (χ4n) is 2.06. The number of ether oxygens (including phenoxy) is 1. The summed E-state index contributed by atoms with van der Waals surface area (Å²) in [4.78, 5) is 37.3. The molecule has 0 unspecified atom stereocenters. The molecule has 1 aromatic carbocycles. The molecular weight excluding hydrogens is 258 g/mol. The van der Waals surface area contributed by atoms with Crippen LogP contribution in [0, 0.1) is 5.92 Å². The molecule has 0 spiro atoms. The van der Waals surface area contributed by atoms with Gasteiger partial charge >= 0.3 is 5.97 Å². The summed E-state index contributed by atoms with van der Waals surface area (Å²) in [5.41, 5.74) is 0.570. The lowest BCUT2D eigenvalue weighted by Gasteiger charge is -2.16. The van der Waals surface area contributed by atoms with E-state index in [4.69, 9.17) is 0 Å². The number of methoxy groups -OCH3 is 1. The highest BCUT2D eigenvalue weighted by atomic mass is 16.5. The number of benzene rings is 1. The van der Waals surface area contributed by atoms with Crippen LogP contribution in [0.25, 0.3) is 0 Å². The molecule has 0 bridgehead atoms. The molecule has 1 aromatic rings. The molecule has 20 heavy (non-hydrogen) atoms. The monoisotopic (exact) mass is 273 g/mol. The van der Waals surface area contributed by atoms with Crippen LogP contribution >= 0.6 is 0 Å². The Labute approximate surface area is 116 Å². The van der Waals surface area contributed by atoms with Crippen molar-refractivity contribution in [3.63, 3.8) is 0 Å². The van der Waals surface area contributed by atoms with Crippen LogP contribution in [0.3, 0.4) is 0 Å². The van der Waals surface area contributed by atoms with E-state index in [0.29, 0.717) is 11.1 Å². The zero-order valence-electron chi connectivity index (χ0n) is 11.5. The van der Waals surface area contributed by atoms with Gasteiger partial charge in [-0.1, -0.05) is 32.1 Å². The number of allylic oxidation sites excluding steroid dienone is 1. The number of hydrogen-bond donors (Lipinski definition) is 0. The van der Waals surface area contributed by atoms with E-state index in [0.717, 1.165) is 4.90 Å². The summed E-state index contributed by atoms with van der Waals surface area (Å²) in [6, 6.07) is 6.49. The van der Waals surface area contributed by atoms with Gasteiger partial charge in [0, 0.05) is 0 Å². The maximum Gasteiger partial charge on any atom is 0.354 e. The van der Waals surface area contributed by atoms with Crippen molar-refractivity contribution >= 4 is 17.8 Å². The minimum absolute atomic E-state index is 0.00610. The molecule has 104 valence electrons. The normalized spacial score (nSPS) is 14.8. The zero-order valence-corrected chi connectivity index (χ0v) is 11.5. The number of esters is 1. The van der Waals surface area contributed by atoms with Gasteiger partial charge < -0.3 is 4.74 Å². The molecule has 0 saturated carbocycles. The molecule has 0 radical (unpaired) electrons. The smallest absolute Gasteiger partial charge is 0.354 e. The molecule has 5 heteroatoms. The van der Waals surface area contributed by atoms with Crippen LogP contribution in [0.15, 0.2) is 36.0 Å². The highest BCUT2D eigenvalue weighted by Crippen LogP contribution is 2.27. The molecule has 0 N–H and O–H groups in total. The van der Waals surface area contributed by atoms with Crippen molar-refractivity contribution in [3.05, 3.63) is 47.2 Å². The Bertz CT molecular complexity index is 581. The molecule has 1 aliphatic rings. The lowest BCUT2D eigenvalue weighted by Crippen LogP contribution is -2.33. The van der Waals surface area contributed by atoms with Gasteiger partial charge in [-0.2, -0.15) is 0 Å². The Morgan fingerprint density at radius 1 is 1.15 bits per heavy atom. The first-order valence-electron chi connectivity index (χ1n) is 6.25. The highest BCUT2D eigenvalue weighted by Gasteiger charge is 2.40. The van der Waals surface area contributed by atoms with E-state index in [9.17, 15) is 14.4 Å². The van der Waals surface area contributed by atoms with Crippen LogP contribution in [0.1, 0.15) is 34.6 Å². The fraction of sp³-hybridized carbons (Fsp3) is 0.267. The van der Waals surface area contributed by atoms with Crippen molar-refractivity contribution in [2.45, 2.75) is 13.8 Å². The van der Waals surface area contributed by atoms with Gasteiger partial charge in [0.15, 0.2) is 0 Å². The first-order valence-corrected chi connectivity index (χ1v) is 6.25. The third kappa shape index (κ3) is 2.22. The van der Waals surface area contributed by atoms with Crippen LogP contribution in [0.5, 0.6) is 0 Å². The zero-order chi connectivity index (χ0) is 14.9. The molecule has 2 amide bonds. The predicted molar refractivity (Wildman–Crippen MR) is 71.9 cm³/mol. The molecule has 5 nitrogen and oxygen atoms in total. The second-order valence-corrected chi connectivity index (χ2v) is 4.78. The van der Waals surface area contributed by atoms with Gasteiger partial charge in [0.1, 0.15) is 5.70 Å². The van der Waals surface area contributed by atoms with Crippen LogP contribution < -0.4 is 0 Å². The van der Waals surface area contributed by atoms with E-state index in [-0.39, 0.29) is 11.6 Å². The first-order chi connectivity index (χ1) is 9.47. The van der Waals surface area contributed by atoms with Crippen molar-refractivity contribution in [1.82, 2.24) is 4.90 Å². The Hall–Kier alpha value is -2.43. The second-order valence-electron chi connectivity index (χ2n) is 4.78. The van der Waals surface area contributed by atoms with E-state index in [2.05, 4.69) is 4.74 Å². The Morgan fingerprint density at radius 2 is 1.65 bits per heavy atom. The summed E-state index contributed by atoms with van der Waals surface area (Å²) in [6.07, 6.45) is 1.55. The summed E-state index contributed by atoms with van der Waals surface area (Å²) < 4.78 is 4.67. The summed E-state index contributed by atoms with van der Waals surface area (Å²) in [5, 5.41) is 0. The number of rotatable bonds is 3. The third-order valence-corrected chi connectivity index (χ3v) is 2.92. The first kappa shape index (κ1) is 14.0. The van der Waals surface area contributed by atoms with E-state index < -0.39 is 17.8 Å². The average molecular weight is 273 g/mol. The Balaban J connectivity index is 2.50. The largest absolute Gasteiger partial charge is 0.464 e. The van der Waals surface area contributed by atoms with Gasteiger partial charge in [-0.05, 0) is 18.1 Å². The third-order valence-electron chi connectivity index (χ3n) is 2.92. The van der Waals surface area contributed by atoms with Gasteiger partial charge in [-0.15, -0.1) is 0 Å². The van der Waals surface area contributed by atoms with Gasteiger partial charge in [-0.25, -0.2) is 9.69 Å². The number of imide groups is 1. The van der Waals surface area contributed by atoms with E-state index in [1.165, 1.54) is 7.11 Å². The number of carbonyl (C=O) groups excluding carboxylic acids is 3. The van der Waals surface area contributed by atoms with E-state index >= 15 is 0 Å². The topological polar surface area (TPSA) is 63.7 Å². The molecule has 0 aliphatic carbocycles. The predicted octanol–water partition coefficient (Wildman–Crippen LogP) is 2.00. The van der Waals surface area contributed by atoms with Crippen LogP contribution in [0.4, 0.5) is 0 Å². The molecule has 2 rings (SSSR count).